The molecular weight excluding hydrogens is 246 g/mol. The van der Waals surface area contributed by atoms with E-state index in [1.165, 1.54) is 5.56 Å². The topological polar surface area (TPSA) is 15.3 Å². The third kappa shape index (κ3) is 3.74. The summed E-state index contributed by atoms with van der Waals surface area (Å²) in [7, 11) is 0. The van der Waals surface area contributed by atoms with Crippen molar-refractivity contribution in [1.29, 1.82) is 0 Å². The molecular formula is C15H22F2N2. The van der Waals surface area contributed by atoms with Gasteiger partial charge in [0.15, 0.2) is 0 Å². The van der Waals surface area contributed by atoms with Gasteiger partial charge in [-0.3, -0.25) is 4.90 Å². The second kappa shape index (κ2) is 6.44. The van der Waals surface area contributed by atoms with Crippen LogP contribution in [0.1, 0.15) is 25.5 Å². The number of alkyl halides is 2. The van der Waals surface area contributed by atoms with Crippen LogP contribution in [0.5, 0.6) is 0 Å². The Labute approximate surface area is 113 Å². The molecule has 0 saturated carbocycles. The van der Waals surface area contributed by atoms with Crippen molar-refractivity contribution in [3.8, 4) is 0 Å². The van der Waals surface area contributed by atoms with E-state index >= 15 is 0 Å². The number of piperazine rings is 1. The molecule has 0 aromatic heterocycles. The maximum Gasteiger partial charge on any atom is 0.251 e. The van der Waals surface area contributed by atoms with E-state index in [-0.39, 0.29) is 18.6 Å². The van der Waals surface area contributed by atoms with Gasteiger partial charge in [0.05, 0.1) is 6.54 Å². The summed E-state index contributed by atoms with van der Waals surface area (Å²) in [6.07, 6.45) is -2.27. The van der Waals surface area contributed by atoms with E-state index in [2.05, 4.69) is 19.2 Å². The van der Waals surface area contributed by atoms with Crippen LogP contribution in [-0.4, -0.2) is 37.0 Å². The molecule has 0 aliphatic carbocycles. The van der Waals surface area contributed by atoms with Crippen molar-refractivity contribution < 1.29 is 8.78 Å². The molecule has 1 aliphatic rings. The Balaban J connectivity index is 2.08. The number of rotatable bonds is 4. The first kappa shape index (κ1) is 14.4. The lowest BCUT2D eigenvalue weighted by molar-refractivity contribution is 0.0283. The molecule has 2 rings (SSSR count). The van der Waals surface area contributed by atoms with Crippen LogP contribution < -0.4 is 5.32 Å². The molecule has 2 nitrogen and oxygen atoms in total. The van der Waals surface area contributed by atoms with Crippen LogP contribution in [0.2, 0.25) is 0 Å². The number of nitrogens with zero attached hydrogens (tertiary/aromatic N) is 1. The highest BCUT2D eigenvalue weighted by molar-refractivity contribution is 5.20. The lowest BCUT2D eigenvalue weighted by atomic mass is 9.96. The summed E-state index contributed by atoms with van der Waals surface area (Å²) < 4.78 is 25.4. The van der Waals surface area contributed by atoms with Gasteiger partial charge >= 0.3 is 0 Å². The fourth-order valence-corrected chi connectivity index (χ4v) is 2.78. The zero-order chi connectivity index (χ0) is 13.8. The number of nitrogens with one attached hydrogen (secondary N) is 1. The first-order chi connectivity index (χ1) is 9.08. The highest BCUT2D eigenvalue weighted by Crippen LogP contribution is 2.23. The van der Waals surface area contributed by atoms with E-state index in [0.717, 1.165) is 6.54 Å². The Morgan fingerprint density at radius 3 is 2.53 bits per heavy atom. The van der Waals surface area contributed by atoms with E-state index in [0.29, 0.717) is 12.5 Å². The summed E-state index contributed by atoms with van der Waals surface area (Å²) in [5.74, 6) is 0.378. The third-order valence-corrected chi connectivity index (χ3v) is 3.80. The Morgan fingerprint density at radius 1 is 1.26 bits per heavy atom. The van der Waals surface area contributed by atoms with Gasteiger partial charge in [0.25, 0.3) is 6.43 Å². The zero-order valence-corrected chi connectivity index (χ0v) is 11.5. The molecule has 2 atom stereocenters. The molecule has 0 spiro atoms. The van der Waals surface area contributed by atoms with Crippen molar-refractivity contribution >= 4 is 0 Å². The second-order valence-corrected chi connectivity index (χ2v) is 5.53. The Bertz CT molecular complexity index is 381. The summed E-state index contributed by atoms with van der Waals surface area (Å²) in [6, 6.07) is 10.4. The van der Waals surface area contributed by atoms with Crippen molar-refractivity contribution in [1.82, 2.24) is 10.2 Å². The van der Waals surface area contributed by atoms with E-state index in [1.54, 1.807) is 0 Å². The number of hydrogen-bond donors (Lipinski definition) is 1. The molecule has 0 bridgehead atoms. The normalized spacial score (nSPS) is 25.2. The minimum Gasteiger partial charge on any atom is -0.307 e. The molecule has 1 aromatic rings. The molecule has 4 heteroatoms. The minimum absolute atomic E-state index is 0.131. The zero-order valence-electron chi connectivity index (χ0n) is 11.5. The maximum absolute atomic E-state index is 12.7. The van der Waals surface area contributed by atoms with Gasteiger partial charge in [-0.05, 0) is 11.5 Å². The second-order valence-electron chi connectivity index (χ2n) is 5.53. The summed E-state index contributed by atoms with van der Waals surface area (Å²) in [5.41, 5.74) is 1.17. The number of benzene rings is 1. The van der Waals surface area contributed by atoms with Gasteiger partial charge in [-0.15, -0.1) is 0 Å². The van der Waals surface area contributed by atoms with Gasteiger partial charge in [0.2, 0.25) is 0 Å². The molecule has 1 aliphatic heterocycles. The van der Waals surface area contributed by atoms with Gasteiger partial charge in [-0.25, -0.2) is 8.78 Å². The van der Waals surface area contributed by atoms with E-state index in [1.807, 2.05) is 35.2 Å². The first-order valence-corrected chi connectivity index (χ1v) is 6.88. The fraction of sp³-hybridized carbons (Fsp3) is 0.600. The van der Waals surface area contributed by atoms with Crippen molar-refractivity contribution in [3.05, 3.63) is 35.9 Å². The van der Waals surface area contributed by atoms with Gasteiger partial charge in [-0.2, -0.15) is 0 Å². The lowest BCUT2D eigenvalue weighted by Crippen LogP contribution is -2.55. The van der Waals surface area contributed by atoms with E-state index in [9.17, 15) is 8.78 Å². The van der Waals surface area contributed by atoms with E-state index < -0.39 is 6.43 Å². The van der Waals surface area contributed by atoms with Crippen molar-refractivity contribution in [2.45, 2.75) is 32.4 Å². The van der Waals surface area contributed by atoms with Gasteiger partial charge in [-0.1, -0.05) is 44.2 Å². The monoisotopic (exact) mass is 268 g/mol. The van der Waals surface area contributed by atoms with Gasteiger partial charge in [0.1, 0.15) is 0 Å². The van der Waals surface area contributed by atoms with Crippen LogP contribution in [0.4, 0.5) is 8.78 Å². The van der Waals surface area contributed by atoms with Crippen LogP contribution in [-0.2, 0) is 0 Å². The first-order valence-electron chi connectivity index (χ1n) is 6.88. The van der Waals surface area contributed by atoms with Gasteiger partial charge < -0.3 is 5.32 Å². The SMILES string of the molecule is CC(C)C1CNC(c2ccccc2)CN1CC(F)F. The summed E-state index contributed by atoms with van der Waals surface area (Å²) >= 11 is 0. The smallest absolute Gasteiger partial charge is 0.251 e. The highest BCUT2D eigenvalue weighted by Gasteiger charge is 2.31. The average Bonchev–Trinajstić information content (AvgIpc) is 2.38. The van der Waals surface area contributed by atoms with E-state index in [4.69, 9.17) is 0 Å². The van der Waals surface area contributed by atoms with Crippen molar-refractivity contribution in [3.63, 3.8) is 0 Å². The molecule has 1 saturated heterocycles. The van der Waals surface area contributed by atoms with Crippen LogP contribution in [0, 0.1) is 5.92 Å². The average molecular weight is 268 g/mol. The Kier molecular flexibility index (Phi) is 4.88. The summed E-state index contributed by atoms with van der Waals surface area (Å²) in [6.45, 7) is 5.47. The lowest BCUT2D eigenvalue weighted by Gasteiger charge is -2.42. The van der Waals surface area contributed by atoms with Gasteiger partial charge in [0, 0.05) is 25.2 Å². The van der Waals surface area contributed by atoms with Crippen LogP contribution >= 0.6 is 0 Å². The maximum atomic E-state index is 12.7. The molecule has 19 heavy (non-hydrogen) atoms. The van der Waals surface area contributed by atoms with Crippen molar-refractivity contribution in [2.24, 2.45) is 5.92 Å². The largest absolute Gasteiger partial charge is 0.307 e. The standard InChI is InChI=1S/C15H22F2N2/c1-11(2)14-8-18-13(9-19(14)10-15(16)17)12-6-4-3-5-7-12/h3-7,11,13-15,18H,8-10H2,1-2H3. The number of halogens is 2. The number of hydrogen-bond acceptors (Lipinski definition) is 2. The molecule has 0 radical (unpaired) electrons. The molecule has 106 valence electrons. The molecule has 1 N–H and O–H groups in total. The highest BCUT2D eigenvalue weighted by atomic mass is 19.3. The fourth-order valence-electron chi connectivity index (χ4n) is 2.78. The Hall–Kier alpha value is -1.00. The molecule has 1 heterocycles. The molecule has 1 aromatic carbocycles. The van der Waals surface area contributed by atoms with Crippen molar-refractivity contribution in [2.75, 3.05) is 19.6 Å². The molecule has 1 fully saturated rings. The van der Waals surface area contributed by atoms with Crippen LogP contribution in [0.3, 0.4) is 0 Å². The molecule has 2 unspecified atom stereocenters. The Morgan fingerprint density at radius 2 is 1.95 bits per heavy atom. The third-order valence-electron chi connectivity index (χ3n) is 3.80. The molecule has 0 amide bonds. The van der Waals surface area contributed by atoms with Crippen LogP contribution in [0.25, 0.3) is 0 Å². The van der Waals surface area contributed by atoms with Crippen LogP contribution in [0.15, 0.2) is 30.3 Å². The summed E-state index contributed by atoms with van der Waals surface area (Å²) in [5, 5.41) is 3.48. The minimum atomic E-state index is -2.27. The summed E-state index contributed by atoms with van der Waals surface area (Å²) in [4.78, 5) is 1.93. The quantitative estimate of drug-likeness (QED) is 0.903. The predicted molar refractivity (Wildman–Crippen MR) is 73.4 cm³/mol. The predicted octanol–water partition coefficient (Wildman–Crippen LogP) is 2.92.